The molecule has 2 rings (SSSR count). The maximum atomic E-state index is 12.9. The number of nitrogens with two attached hydrogens (primary N) is 1. The highest BCUT2D eigenvalue weighted by molar-refractivity contribution is 5.95. The Morgan fingerprint density at radius 1 is 1.17 bits per heavy atom. The van der Waals surface area contributed by atoms with Crippen LogP contribution >= 0.6 is 0 Å². The van der Waals surface area contributed by atoms with E-state index in [0.717, 1.165) is 16.9 Å². The van der Waals surface area contributed by atoms with Crippen LogP contribution < -0.4 is 11.1 Å². The van der Waals surface area contributed by atoms with Crippen LogP contribution in [0.4, 0.5) is 18.9 Å². The lowest BCUT2D eigenvalue weighted by Gasteiger charge is -2.25. The zero-order chi connectivity index (χ0) is 18.1. The van der Waals surface area contributed by atoms with Crippen molar-refractivity contribution in [1.29, 1.82) is 0 Å². The van der Waals surface area contributed by atoms with E-state index in [1.165, 1.54) is 24.3 Å². The molecule has 0 radical (unpaired) electrons. The Hall–Kier alpha value is -2.35. The van der Waals surface area contributed by atoms with Crippen molar-refractivity contribution in [3.05, 3.63) is 42.2 Å². The van der Waals surface area contributed by atoms with Gasteiger partial charge in [-0.15, -0.1) is 0 Å². The van der Waals surface area contributed by atoms with Crippen LogP contribution in [0.3, 0.4) is 0 Å². The summed E-state index contributed by atoms with van der Waals surface area (Å²) in [4.78, 5) is 12.1. The van der Waals surface area contributed by atoms with Crippen LogP contribution in [0.1, 0.15) is 26.5 Å². The Morgan fingerprint density at radius 3 is 2.25 bits per heavy atom. The maximum absolute atomic E-state index is 12.9. The summed E-state index contributed by atoms with van der Waals surface area (Å²) in [6, 6.07) is 6.09. The van der Waals surface area contributed by atoms with Gasteiger partial charge in [0.25, 0.3) is 0 Å². The first-order valence-electron chi connectivity index (χ1n) is 7.28. The van der Waals surface area contributed by atoms with E-state index in [0.29, 0.717) is 5.69 Å². The summed E-state index contributed by atoms with van der Waals surface area (Å²) < 4.78 is 39.5. The smallest absolute Gasteiger partial charge is 0.325 e. The van der Waals surface area contributed by atoms with Crippen molar-refractivity contribution in [2.24, 2.45) is 11.1 Å². The number of nitrogens with one attached hydrogen (secondary N) is 1. The van der Waals surface area contributed by atoms with Gasteiger partial charge in [-0.3, -0.25) is 4.79 Å². The number of carbonyl (C=O) groups excluding carboxylic acids is 1. The number of aromatic nitrogens is 2. The second kappa shape index (κ2) is 6.27. The highest BCUT2D eigenvalue weighted by atomic mass is 19.4. The molecule has 3 N–H and O–H groups in total. The molecule has 0 aliphatic heterocycles. The predicted octanol–water partition coefficient (Wildman–Crippen LogP) is 3.20. The first kappa shape index (κ1) is 18.0. The maximum Gasteiger partial charge on any atom is 0.433 e. The van der Waals surface area contributed by atoms with Crippen LogP contribution in [-0.2, 0) is 11.0 Å². The van der Waals surface area contributed by atoms with Gasteiger partial charge in [0, 0.05) is 5.69 Å². The Labute approximate surface area is 137 Å². The van der Waals surface area contributed by atoms with Crippen LogP contribution in [0, 0.1) is 5.41 Å². The molecule has 8 heteroatoms. The molecule has 130 valence electrons. The first-order valence-corrected chi connectivity index (χ1v) is 7.28. The van der Waals surface area contributed by atoms with Gasteiger partial charge in [-0.2, -0.15) is 18.3 Å². The third kappa shape index (κ3) is 3.94. The minimum atomic E-state index is -4.50. The highest BCUT2D eigenvalue weighted by Crippen LogP contribution is 2.30. The van der Waals surface area contributed by atoms with E-state index in [1.54, 1.807) is 0 Å². The standard InChI is InChI=1S/C16H19F3N4O/c1-15(2,3)13(20)14(24)22-10-4-6-11(7-5-10)23-12(8-9-21-23)16(17,18)19/h4-9,13H,20H2,1-3H3,(H,22,24)/t13-/m1/s1. The number of halogens is 3. The molecule has 0 aliphatic rings. The number of hydrogen-bond acceptors (Lipinski definition) is 3. The Balaban J connectivity index is 2.18. The van der Waals surface area contributed by atoms with E-state index in [9.17, 15) is 18.0 Å². The third-order valence-electron chi connectivity index (χ3n) is 3.53. The van der Waals surface area contributed by atoms with Crippen molar-refractivity contribution >= 4 is 11.6 Å². The molecule has 0 saturated carbocycles. The number of benzene rings is 1. The van der Waals surface area contributed by atoms with Crippen molar-refractivity contribution in [2.45, 2.75) is 33.0 Å². The summed E-state index contributed by atoms with van der Waals surface area (Å²) in [5.74, 6) is -0.356. The van der Waals surface area contributed by atoms with E-state index < -0.39 is 23.3 Å². The second-order valence-electron chi connectivity index (χ2n) is 6.51. The monoisotopic (exact) mass is 340 g/mol. The molecule has 1 amide bonds. The first-order chi connectivity index (χ1) is 11.0. The lowest BCUT2D eigenvalue weighted by molar-refractivity contribution is -0.142. The SMILES string of the molecule is CC(C)(C)[C@H](N)C(=O)Nc1ccc(-n2nccc2C(F)(F)F)cc1. The average Bonchev–Trinajstić information content (AvgIpc) is 2.95. The molecule has 1 aromatic carbocycles. The van der Waals surface area contributed by atoms with Crippen molar-refractivity contribution in [2.75, 3.05) is 5.32 Å². The summed E-state index contributed by atoms with van der Waals surface area (Å²) in [6.07, 6.45) is -3.41. The predicted molar refractivity (Wildman–Crippen MR) is 84.6 cm³/mol. The number of amides is 1. The molecule has 0 fully saturated rings. The van der Waals surface area contributed by atoms with Gasteiger partial charge in [-0.25, -0.2) is 4.68 Å². The fourth-order valence-corrected chi connectivity index (χ4v) is 2.02. The molecular formula is C16H19F3N4O. The summed E-state index contributed by atoms with van der Waals surface area (Å²) in [7, 11) is 0. The molecule has 0 spiro atoms. The number of nitrogens with zero attached hydrogens (tertiary/aromatic N) is 2. The van der Waals surface area contributed by atoms with Gasteiger partial charge < -0.3 is 11.1 Å². The van der Waals surface area contributed by atoms with E-state index in [2.05, 4.69) is 10.4 Å². The number of hydrogen-bond donors (Lipinski definition) is 2. The fourth-order valence-electron chi connectivity index (χ4n) is 2.02. The Bertz CT molecular complexity index is 714. The molecule has 1 heterocycles. The minimum absolute atomic E-state index is 0.241. The lowest BCUT2D eigenvalue weighted by Crippen LogP contribution is -2.45. The third-order valence-corrected chi connectivity index (χ3v) is 3.53. The minimum Gasteiger partial charge on any atom is -0.325 e. The van der Waals surface area contributed by atoms with Crippen LogP contribution in [-0.4, -0.2) is 21.7 Å². The van der Waals surface area contributed by atoms with Gasteiger partial charge >= 0.3 is 6.18 Å². The highest BCUT2D eigenvalue weighted by Gasteiger charge is 2.35. The molecule has 2 aromatic rings. The molecule has 1 aromatic heterocycles. The van der Waals surface area contributed by atoms with E-state index >= 15 is 0 Å². The summed E-state index contributed by atoms with van der Waals surface area (Å²) in [5.41, 5.74) is 5.29. The number of anilines is 1. The van der Waals surface area contributed by atoms with Crippen LogP contribution in [0.5, 0.6) is 0 Å². The summed E-state index contributed by atoms with van der Waals surface area (Å²) >= 11 is 0. The number of rotatable bonds is 3. The van der Waals surface area contributed by atoms with Crippen molar-refractivity contribution in [1.82, 2.24) is 9.78 Å². The summed E-state index contributed by atoms with van der Waals surface area (Å²) in [5, 5.41) is 6.34. The van der Waals surface area contributed by atoms with Crippen molar-refractivity contribution < 1.29 is 18.0 Å². The van der Waals surface area contributed by atoms with E-state index in [-0.39, 0.29) is 11.6 Å². The molecule has 24 heavy (non-hydrogen) atoms. The number of alkyl halides is 3. The topological polar surface area (TPSA) is 72.9 Å². The van der Waals surface area contributed by atoms with Gasteiger partial charge in [-0.1, -0.05) is 20.8 Å². The quantitative estimate of drug-likeness (QED) is 0.901. The van der Waals surface area contributed by atoms with E-state index in [4.69, 9.17) is 5.73 Å². The van der Waals surface area contributed by atoms with Gasteiger partial charge in [0.1, 0.15) is 5.69 Å². The molecule has 0 unspecified atom stereocenters. The Kier molecular flexibility index (Phi) is 4.70. The Morgan fingerprint density at radius 2 is 1.75 bits per heavy atom. The second-order valence-corrected chi connectivity index (χ2v) is 6.51. The number of carbonyl (C=O) groups is 1. The average molecular weight is 340 g/mol. The van der Waals surface area contributed by atoms with Crippen LogP contribution in [0.15, 0.2) is 36.5 Å². The molecule has 0 bridgehead atoms. The molecule has 0 aliphatic carbocycles. The normalized spacial score (nSPS) is 13.6. The molecule has 5 nitrogen and oxygen atoms in total. The largest absolute Gasteiger partial charge is 0.433 e. The van der Waals surface area contributed by atoms with Gasteiger partial charge in [0.2, 0.25) is 5.91 Å². The van der Waals surface area contributed by atoms with Gasteiger partial charge in [-0.05, 0) is 35.7 Å². The van der Waals surface area contributed by atoms with Gasteiger partial charge in [0.15, 0.2) is 0 Å². The molecular weight excluding hydrogens is 321 g/mol. The molecule has 0 saturated heterocycles. The van der Waals surface area contributed by atoms with Gasteiger partial charge in [0.05, 0.1) is 17.9 Å². The van der Waals surface area contributed by atoms with Crippen LogP contribution in [0.25, 0.3) is 5.69 Å². The van der Waals surface area contributed by atoms with Crippen molar-refractivity contribution in [3.63, 3.8) is 0 Å². The van der Waals surface area contributed by atoms with E-state index in [1.807, 2.05) is 20.8 Å². The fraction of sp³-hybridized carbons (Fsp3) is 0.375. The zero-order valence-electron chi connectivity index (χ0n) is 13.6. The van der Waals surface area contributed by atoms with Crippen molar-refractivity contribution in [3.8, 4) is 5.69 Å². The van der Waals surface area contributed by atoms with Crippen LogP contribution in [0.2, 0.25) is 0 Å². The zero-order valence-corrected chi connectivity index (χ0v) is 13.6. The lowest BCUT2D eigenvalue weighted by atomic mass is 9.87. The summed E-state index contributed by atoms with van der Waals surface area (Å²) in [6.45, 7) is 5.53. The molecule has 1 atom stereocenters.